The van der Waals surface area contributed by atoms with E-state index in [4.69, 9.17) is 15.7 Å². The molecular weight excluding hydrogens is 260 g/mol. The zero-order chi connectivity index (χ0) is 14.5. The van der Waals surface area contributed by atoms with E-state index in [1.54, 1.807) is 11.0 Å². The summed E-state index contributed by atoms with van der Waals surface area (Å²) >= 11 is 0. The molecule has 1 fully saturated rings. The quantitative estimate of drug-likeness (QED) is 0.369. The molecule has 7 heteroatoms. The number of amidine groups is 1. The minimum Gasteiger partial charge on any atom is -0.494 e. The van der Waals surface area contributed by atoms with Crippen molar-refractivity contribution in [3.8, 4) is 5.75 Å². The van der Waals surface area contributed by atoms with Crippen molar-refractivity contribution in [3.63, 3.8) is 0 Å². The summed E-state index contributed by atoms with van der Waals surface area (Å²) < 4.78 is 5.16. The van der Waals surface area contributed by atoms with Crippen molar-refractivity contribution in [2.45, 2.75) is 25.3 Å². The lowest BCUT2D eigenvalue weighted by Gasteiger charge is -2.35. The van der Waals surface area contributed by atoms with Crippen LogP contribution < -0.4 is 10.5 Å². The number of aromatic nitrogens is 1. The third-order valence-electron chi connectivity index (χ3n) is 3.46. The predicted molar refractivity (Wildman–Crippen MR) is 72.9 cm³/mol. The van der Waals surface area contributed by atoms with Crippen LogP contribution in [0.15, 0.2) is 23.6 Å². The number of amides is 1. The number of piperidine rings is 1. The maximum Gasteiger partial charge on any atom is 0.258 e. The van der Waals surface area contributed by atoms with Crippen LogP contribution in [0.3, 0.4) is 0 Å². The number of carbonyl (C=O) groups is 1. The van der Waals surface area contributed by atoms with Crippen molar-refractivity contribution in [1.29, 1.82) is 0 Å². The summed E-state index contributed by atoms with van der Waals surface area (Å²) in [5, 5.41) is 11.9. The van der Waals surface area contributed by atoms with E-state index in [2.05, 4.69) is 10.1 Å². The van der Waals surface area contributed by atoms with Crippen LogP contribution in [0.5, 0.6) is 5.75 Å². The van der Waals surface area contributed by atoms with E-state index in [-0.39, 0.29) is 17.8 Å². The Bertz CT molecular complexity index is 518. The average molecular weight is 278 g/mol. The second-order valence-electron chi connectivity index (χ2n) is 4.61. The number of likely N-dealkylation sites (tertiary alicyclic amines) is 1. The maximum atomic E-state index is 12.6. The molecule has 3 N–H and O–H groups in total. The number of oxime groups is 1. The molecule has 0 aliphatic carbocycles. The average Bonchev–Trinajstić information content (AvgIpc) is 2.53. The third-order valence-corrected chi connectivity index (χ3v) is 3.46. The minimum atomic E-state index is -0.376. The van der Waals surface area contributed by atoms with Crippen molar-refractivity contribution in [2.24, 2.45) is 10.9 Å². The van der Waals surface area contributed by atoms with Gasteiger partial charge in [-0.2, -0.15) is 0 Å². The molecule has 2 heterocycles. The summed E-state index contributed by atoms with van der Waals surface area (Å²) in [6.45, 7) is 0.575. The second kappa shape index (κ2) is 6.23. The Balaban J connectivity index is 2.30. The van der Waals surface area contributed by atoms with Crippen LogP contribution >= 0.6 is 0 Å². The number of carbonyl (C=O) groups excluding carboxylic acids is 1. The summed E-state index contributed by atoms with van der Waals surface area (Å²) in [6, 6.07) is 1.23. The van der Waals surface area contributed by atoms with Crippen LogP contribution in [-0.4, -0.2) is 46.5 Å². The van der Waals surface area contributed by atoms with Gasteiger partial charge in [0.1, 0.15) is 5.75 Å². The molecule has 1 saturated heterocycles. The molecule has 1 atom stereocenters. The van der Waals surface area contributed by atoms with Gasteiger partial charge in [0, 0.05) is 12.7 Å². The summed E-state index contributed by atoms with van der Waals surface area (Å²) in [5.41, 5.74) is 6.12. The van der Waals surface area contributed by atoms with E-state index >= 15 is 0 Å². The number of ether oxygens (including phenoxy) is 1. The number of methoxy groups -OCH3 is 1. The minimum absolute atomic E-state index is 0.0612. The van der Waals surface area contributed by atoms with Gasteiger partial charge in [-0.3, -0.25) is 9.78 Å². The van der Waals surface area contributed by atoms with Crippen LogP contribution in [0.2, 0.25) is 0 Å². The Morgan fingerprint density at radius 1 is 1.60 bits per heavy atom. The van der Waals surface area contributed by atoms with Gasteiger partial charge in [-0.05, 0) is 25.3 Å². The summed E-state index contributed by atoms with van der Waals surface area (Å²) in [6.07, 6.45) is 5.56. The maximum absolute atomic E-state index is 12.6. The van der Waals surface area contributed by atoms with Gasteiger partial charge in [0.25, 0.3) is 5.91 Å². The zero-order valence-corrected chi connectivity index (χ0v) is 11.3. The van der Waals surface area contributed by atoms with Gasteiger partial charge in [-0.15, -0.1) is 0 Å². The first kappa shape index (κ1) is 14.1. The van der Waals surface area contributed by atoms with Crippen molar-refractivity contribution >= 4 is 11.7 Å². The smallest absolute Gasteiger partial charge is 0.258 e. The number of nitrogens with zero attached hydrogens (tertiary/aromatic N) is 3. The number of hydrogen-bond donors (Lipinski definition) is 2. The highest BCUT2D eigenvalue weighted by Crippen LogP contribution is 2.24. The number of rotatable bonds is 3. The van der Waals surface area contributed by atoms with Crippen molar-refractivity contribution in [3.05, 3.63) is 24.0 Å². The normalized spacial score (nSPS) is 19.8. The Morgan fingerprint density at radius 2 is 2.40 bits per heavy atom. The fourth-order valence-electron chi connectivity index (χ4n) is 2.42. The first-order valence-corrected chi connectivity index (χ1v) is 6.45. The SMILES string of the molecule is COc1cnccc1C(=O)N1CCCCC1/C(N)=N/O. The van der Waals surface area contributed by atoms with Gasteiger partial charge in [0.15, 0.2) is 5.84 Å². The first-order chi connectivity index (χ1) is 9.69. The third kappa shape index (κ3) is 2.66. The van der Waals surface area contributed by atoms with Crippen molar-refractivity contribution < 1.29 is 14.7 Å². The van der Waals surface area contributed by atoms with Gasteiger partial charge in [0.2, 0.25) is 0 Å². The van der Waals surface area contributed by atoms with E-state index in [0.29, 0.717) is 24.3 Å². The van der Waals surface area contributed by atoms with Gasteiger partial charge in [-0.1, -0.05) is 5.16 Å². The lowest BCUT2D eigenvalue weighted by atomic mass is 10.00. The number of nitrogens with two attached hydrogens (primary N) is 1. The van der Waals surface area contributed by atoms with E-state index in [0.717, 1.165) is 12.8 Å². The molecule has 1 aliphatic heterocycles. The Hall–Kier alpha value is -2.31. The van der Waals surface area contributed by atoms with Crippen LogP contribution in [0.25, 0.3) is 0 Å². The highest BCUT2D eigenvalue weighted by Gasteiger charge is 2.31. The summed E-state index contributed by atoms with van der Waals surface area (Å²) in [5.74, 6) is 0.285. The lowest BCUT2D eigenvalue weighted by Crippen LogP contribution is -2.50. The van der Waals surface area contributed by atoms with Crippen LogP contribution in [0.4, 0.5) is 0 Å². The molecule has 7 nitrogen and oxygen atoms in total. The molecule has 2 rings (SSSR count). The molecule has 1 aliphatic rings. The molecule has 1 aromatic heterocycles. The highest BCUT2D eigenvalue weighted by atomic mass is 16.5. The molecule has 0 bridgehead atoms. The number of pyridine rings is 1. The summed E-state index contributed by atoms with van der Waals surface area (Å²) in [7, 11) is 1.49. The zero-order valence-electron chi connectivity index (χ0n) is 11.3. The Kier molecular flexibility index (Phi) is 4.39. The second-order valence-corrected chi connectivity index (χ2v) is 4.61. The molecule has 0 aromatic carbocycles. The highest BCUT2D eigenvalue weighted by molar-refractivity contribution is 6.00. The van der Waals surface area contributed by atoms with Crippen LogP contribution in [0, 0.1) is 0 Å². The summed E-state index contributed by atoms with van der Waals surface area (Å²) in [4.78, 5) is 18.2. The monoisotopic (exact) mass is 278 g/mol. The topological polar surface area (TPSA) is 101 Å². The van der Waals surface area contributed by atoms with Gasteiger partial charge >= 0.3 is 0 Å². The van der Waals surface area contributed by atoms with Crippen LogP contribution in [0.1, 0.15) is 29.6 Å². The number of hydrogen-bond acceptors (Lipinski definition) is 5. The molecule has 1 aromatic rings. The van der Waals surface area contributed by atoms with Crippen molar-refractivity contribution in [2.75, 3.05) is 13.7 Å². The van der Waals surface area contributed by atoms with Crippen LogP contribution in [-0.2, 0) is 0 Å². The molecule has 20 heavy (non-hydrogen) atoms. The van der Waals surface area contributed by atoms with Crippen molar-refractivity contribution in [1.82, 2.24) is 9.88 Å². The Labute approximate surface area is 117 Å². The molecule has 0 spiro atoms. The fourth-order valence-corrected chi connectivity index (χ4v) is 2.42. The largest absolute Gasteiger partial charge is 0.494 e. The molecule has 0 saturated carbocycles. The molecule has 108 valence electrons. The predicted octanol–water partition coefficient (Wildman–Crippen LogP) is 0.831. The standard InChI is InChI=1S/C13H18N4O3/c1-20-11-8-15-6-5-9(11)13(18)17-7-3-2-4-10(17)12(14)16-19/h5-6,8,10,19H,2-4,7H2,1H3,(H2,14,16). The Morgan fingerprint density at radius 3 is 3.10 bits per heavy atom. The lowest BCUT2D eigenvalue weighted by molar-refractivity contribution is 0.0673. The van der Waals surface area contributed by atoms with Gasteiger partial charge < -0.3 is 20.6 Å². The fraction of sp³-hybridized carbons (Fsp3) is 0.462. The van der Waals surface area contributed by atoms with E-state index in [9.17, 15) is 4.79 Å². The van der Waals surface area contributed by atoms with E-state index in [1.165, 1.54) is 19.5 Å². The molecule has 1 unspecified atom stereocenters. The van der Waals surface area contributed by atoms with Gasteiger partial charge in [-0.25, -0.2) is 0 Å². The molecular formula is C13H18N4O3. The molecule has 0 radical (unpaired) electrons. The molecule has 1 amide bonds. The van der Waals surface area contributed by atoms with Gasteiger partial charge in [0.05, 0.1) is 24.9 Å². The van der Waals surface area contributed by atoms with E-state index < -0.39 is 0 Å². The first-order valence-electron chi connectivity index (χ1n) is 6.45. The van der Waals surface area contributed by atoms with E-state index in [1.807, 2.05) is 0 Å².